The van der Waals surface area contributed by atoms with Gasteiger partial charge in [-0.2, -0.15) is 0 Å². The SMILES string of the molecule is COc1cccc(CCNCCC(=O)Nc2cccc(C)c2)c1. The lowest BCUT2D eigenvalue weighted by molar-refractivity contribution is -0.116. The van der Waals surface area contributed by atoms with Crippen LogP contribution in [-0.4, -0.2) is 26.1 Å². The molecule has 0 fully saturated rings. The van der Waals surface area contributed by atoms with Crippen molar-refractivity contribution >= 4 is 11.6 Å². The summed E-state index contributed by atoms with van der Waals surface area (Å²) in [6.45, 7) is 3.52. The van der Waals surface area contributed by atoms with Gasteiger partial charge in [-0.25, -0.2) is 0 Å². The molecule has 0 unspecified atom stereocenters. The third-order valence-electron chi connectivity index (χ3n) is 3.56. The molecular formula is C19H24N2O2. The monoisotopic (exact) mass is 312 g/mol. The fraction of sp³-hybridized carbons (Fsp3) is 0.316. The Morgan fingerprint density at radius 1 is 1.09 bits per heavy atom. The third-order valence-corrected chi connectivity index (χ3v) is 3.56. The van der Waals surface area contributed by atoms with Crippen molar-refractivity contribution in [2.45, 2.75) is 19.8 Å². The zero-order chi connectivity index (χ0) is 16.5. The van der Waals surface area contributed by atoms with Gasteiger partial charge in [-0.15, -0.1) is 0 Å². The van der Waals surface area contributed by atoms with Gasteiger partial charge in [0.05, 0.1) is 7.11 Å². The number of methoxy groups -OCH3 is 1. The lowest BCUT2D eigenvalue weighted by atomic mass is 10.1. The summed E-state index contributed by atoms with van der Waals surface area (Å²) >= 11 is 0. The molecule has 0 saturated carbocycles. The van der Waals surface area contributed by atoms with E-state index in [2.05, 4.69) is 16.7 Å². The average molecular weight is 312 g/mol. The Morgan fingerprint density at radius 3 is 2.70 bits per heavy atom. The van der Waals surface area contributed by atoms with Crippen molar-refractivity contribution in [2.24, 2.45) is 0 Å². The highest BCUT2D eigenvalue weighted by atomic mass is 16.5. The van der Waals surface area contributed by atoms with Gasteiger partial charge in [0.1, 0.15) is 5.75 Å². The van der Waals surface area contributed by atoms with Crippen LogP contribution in [0.4, 0.5) is 5.69 Å². The quantitative estimate of drug-likeness (QED) is 0.736. The molecular weight excluding hydrogens is 288 g/mol. The predicted molar refractivity (Wildman–Crippen MR) is 94.0 cm³/mol. The number of carbonyl (C=O) groups excluding carboxylic acids is 1. The fourth-order valence-electron chi connectivity index (χ4n) is 2.33. The van der Waals surface area contributed by atoms with Crippen molar-refractivity contribution in [3.05, 3.63) is 59.7 Å². The fourth-order valence-corrected chi connectivity index (χ4v) is 2.33. The molecule has 0 radical (unpaired) electrons. The maximum absolute atomic E-state index is 11.9. The maximum Gasteiger partial charge on any atom is 0.225 e. The Hall–Kier alpha value is -2.33. The second-order valence-corrected chi connectivity index (χ2v) is 5.52. The molecule has 4 nitrogen and oxygen atoms in total. The molecule has 23 heavy (non-hydrogen) atoms. The van der Waals surface area contributed by atoms with Crippen LogP contribution in [0.3, 0.4) is 0 Å². The Bertz CT molecular complexity index is 641. The molecule has 0 aliphatic heterocycles. The lowest BCUT2D eigenvalue weighted by Crippen LogP contribution is -2.23. The van der Waals surface area contributed by atoms with Gasteiger partial charge in [0.2, 0.25) is 5.91 Å². The Labute approximate surface area is 137 Å². The molecule has 4 heteroatoms. The largest absolute Gasteiger partial charge is 0.497 e. The van der Waals surface area contributed by atoms with E-state index in [-0.39, 0.29) is 5.91 Å². The number of nitrogens with one attached hydrogen (secondary N) is 2. The highest BCUT2D eigenvalue weighted by Crippen LogP contribution is 2.12. The first-order chi connectivity index (χ1) is 11.2. The molecule has 2 aromatic rings. The third kappa shape index (κ3) is 6.12. The number of ether oxygens (including phenoxy) is 1. The van der Waals surface area contributed by atoms with Crippen LogP contribution in [0.2, 0.25) is 0 Å². The molecule has 0 atom stereocenters. The van der Waals surface area contributed by atoms with Gasteiger partial charge in [-0.1, -0.05) is 24.3 Å². The molecule has 1 amide bonds. The van der Waals surface area contributed by atoms with Crippen LogP contribution >= 0.6 is 0 Å². The van der Waals surface area contributed by atoms with Gasteiger partial charge < -0.3 is 15.4 Å². The van der Waals surface area contributed by atoms with E-state index in [1.165, 1.54) is 5.56 Å². The minimum Gasteiger partial charge on any atom is -0.497 e. The zero-order valence-electron chi connectivity index (χ0n) is 13.8. The molecule has 2 N–H and O–H groups in total. The van der Waals surface area contributed by atoms with E-state index >= 15 is 0 Å². The summed E-state index contributed by atoms with van der Waals surface area (Å²) in [5, 5.41) is 6.21. The van der Waals surface area contributed by atoms with Crippen LogP contribution < -0.4 is 15.4 Å². The van der Waals surface area contributed by atoms with Gasteiger partial charge >= 0.3 is 0 Å². The van der Waals surface area contributed by atoms with Crippen molar-refractivity contribution in [3.63, 3.8) is 0 Å². The molecule has 2 aromatic carbocycles. The van der Waals surface area contributed by atoms with E-state index in [4.69, 9.17) is 4.74 Å². The van der Waals surface area contributed by atoms with Crippen LogP contribution in [0.15, 0.2) is 48.5 Å². The first kappa shape index (κ1) is 17.0. The number of benzene rings is 2. The number of aryl methyl sites for hydroxylation is 1. The van der Waals surface area contributed by atoms with Gasteiger partial charge in [0, 0.05) is 18.7 Å². The summed E-state index contributed by atoms with van der Waals surface area (Å²) in [4.78, 5) is 11.9. The van der Waals surface area contributed by atoms with Crippen LogP contribution in [-0.2, 0) is 11.2 Å². The second-order valence-electron chi connectivity index (χ2n) is 5.52. The van der Waals surface area contributed by atoms with Gasteiger partial charge in [-0.3, -0.25) is 4.79 Å². The summed E-state index contributed by atoms with van der Waals surface area (Å²) in [6.07, 6.45) is 1.38. The summed E-state index contributed by atoms with van der Waals surface area (Å²) in [6, 6.07) is 15.9. The minimum atomic E-state index is 0.0319. The van der Waals surface area contributed by atoms with Crippen LogP contribution in [0.1, 0.15) is 17.5 Å². The molecule has 0 saturated heterocycles. The number of carbonyl (C=O) groups is 1. The number of rotatable bonds is 8. The van der Waals surface area contributed by atoms with Crippen molar-refractivity contribution in [3.8, 4) is 5.75 Å². The number of amides is 1. The van der Waals surface area contributed by atoms with Crippen molar-refractivity contribution in [2.75, 3.05) is 25.5 Å². The Kier molecular flexibility index (Phi) is 6.63. The smallest absolute Gasteiger partial charge is 0.225 e. The molecule has 0 bridgehead atoms. The van der Waals surface area contributed by atoms with Gasteiger partial charge in [-0.05, 0) is 55.3 Å². The highest BCUT2D eigenvalue weighted by Gasteiger charge is 2.02. The first-order valence-electron chi connectivity index (χ1n) is 7.87. The zero-order valence-corrected chi connectivity index (χ0v) is 13.8. The summed E-state index contributed by atoms with van der Waals surface area (Å²) in [7, 11) is 1.67. The average Bonchev–Trinajstić information content (AvgIpc) is 2.55. The lowest BCUT2D eigenvalue weighted by Gasteiger charge is -2.08. The van der Waals surface area contributed by atoms with Crippen molar-refractivity contribution in [1.82, 2.24) is 5.32 Å². The molecule has 0 aliphatic rings. The predicted octanol–water partition coefficient (Wildman–Crippen LogP) is 3.16. The first-order valence-corrected chi connectivity index (χ1v) is 7.87. The molecule has 0 aliphatic carbocycles. The van der Waals surface area contributed by atoms with Crippen LogP contribution in [0.25, 0.3) is 0 Å². The highest BCUT2D eigenvalue weighted by molar-refractivity contribution is 5.90. The minimum absolute atomic E-state index is 0.0319. The topological polar surface area (TPSA) is 50.4 Å². The van der Waals surface area contributed by atoms with Crippen molar-refractivity contribution < 1.29 is 9.53 Å². The van der Waals surface area contributed by atoms with Crippen molar-refractivity contribution in [1.29, 1.82) is 0 Å². The molecule has 2 rings (SSSR count). The van der Waals surface area contributed by atoms with E-state index in [1.54, 1.807) is 7.11 Å². The summed E-state index contributed by atoms with van der Waals surface area (Å²) in [5.41, 5.74) is 3.21. The molecule has 0 aromatic heterocycles. The van der Waals surface area contributed by atoms with E-state index < -0.39 is 0 Å². The van der Waals surface area contributed by atoms with Gasteiger partial charge in [0.15, 0.2) is 0 Å². The number of hydrogen-bond acceptors (Lipinski definition) is 3. The molecule has 0 spiro atoms. The summed E-state index contributed by atoms with van der Waals surface area (Å²) < 4.78 is 5.21. The normalized spacial score (nSPS) is 10.3. The number of hydrogen-bond donors (Lipinski definition) is 2. The van der Waals surface area contributed by atoms with E-state index in [0.29, 0.717) is 13.0 Å². The van der Waals surface area contributed by atoms with Crippen LogP contribution in [0, 0.1) is 6.92 Å². The van der Waals surface area contributed by atoms with Gasteiger partial charge in [0.25, 0.3) is 0 Å². The molecule has 0 heterocycles. The summed E-state index contributed by atoms with van der Waals surface area (Å²) in [5.74, 6) is 0.907. The van der Waals surface area contributed by atoms with E-state index in [1.807, 2.05) is 49.4 Å². The standard InChI is InChI=1S/C19H24N2O2/c1-15-5-3-7-17(13-15)21-19(22)10-12-20-11-9-16-6-4-8-18(14-16)23-2/h3-8,13-14,20H,9-12H2,1-2H3,(H,21,22). The Morgan fingerprint density at radius 2 is 1.91 bits per heavy atom. The second kappa shape index (κ2) is 8.96. The van der Waals surface area contributed by atoms with Crippen LogP contribution in [0.5, 0.6) is 5.75 Å². The maximum atomic E-state index is 11.9. The van der Waals surface area contributed by atoms with E-state index in [0.717, 1.165) is 30.0 Å². The Balaban J connectivity index is 1.64. The van der Waals surface area contributed by atoms with E-state index in [9.17, 15) is 4.79 Å². The number of anilines is 1. The molecule has 122 valence electrons.